The molecule has 1 saturated heterocycles. The fourth-order valence-corrected chi connectivity index (χ4v) is 3.37. The minimum absolute atomic E-state index is 0.0461. The molecule has 0 unspecified atom stereocenters. The summed E-state index contributed by atoms with van der Waals surface area (Å²) < 4.78 is 18.0. The number of ether oxygens (including phenoxy) is 3. The highest BCUT2D eigenvalue weighted by Crippen LogP contribution is 2.26. The molecule has 1 fully saturated rings. The van der Waals surface area contributed by atoms with Gasteiger partial charge < -0.3 is 14.2 Å². The van der Waals surface area contributed by atoms with E-state index < -0.39 is 0 Å². The zero-order valence-corrected chi connectivity index (χ0v) is 16.1. The molecule has 0 bridgehead atoms. The molecule has 3 nitrogen and oxygen atoms in total. The van der Waals surface area contributed by atoms with E-state index >= 15 is 0 Å². The van der Waals surface area contributed by atoms with Crippen molar-refractivity contribution >= 4 is 0 Å². The zero-order valence-electron chi connectivity index (χ0n) is 16.1. The molecule has 3 atom stereocenters. The van der Waals surface area contributed by atoms with Crippen LogP contribution < -0.4 is 0 Å². The second-order valence-electron chi connectivity index (χ2n) is 7.12. The summed E-state index contributed by atoms with van der Waals surface area (Å²) in [5.74, 6) is 0. The molecule has 2 rings (SSSR count). The zero-order chi connectivity index (χ0) is 17.7. The summed E-state index contributed by atoms with van der Waals surface area (Å²) >= 11 is 0. The van der Waals surface area contributed by atoms with Gasteiger partial charge in [0.1, 0.15) is 0 Å². The topological polar surface area (TPSA) is 27.7 Å². The molecule has 0 N–H and O–H groups in total. The predicted molar refractivity (Wildman–Crippen MR) is 103 cm³/mol. The maximum absolute atomic E-state index is 6.19. The second-order valence-corrected chi connectivity index (χ2v) is 7.12. The summed E-state index contributed by atoms with van der Waals surface area (Å²) in [5.41, 5.74) is 1.23. The molecule has 1 aromatic carbocycles. The van der Waals surface area contributed by atoms with Crippen molar-refractivity contribution < 1.29 is 14.2 Å². The van der Waals surface area contributed by atoms with Crippen molar-refractivity contribution in [1.82, 2.24) is 0 Å². The van der Waals surface area contributed by atoms with Gasteiger partial charge in [0.15, 0.2) is 6.29 Å². The molecule has 1 heterocycles. The van der Waals surface area contributed by atoms with Gasteiger partial charge in [0.2, 0.25) is 0 Å². The van der Waals surface area contributed by atoms with Crippen LogP contribution in [0.3, 0.4) is 0 Å². The first-order chi connectivity index (χ1) is 12.3. The molecule has 142 valence electrons. The maximum atomic E-state index is 6.19. The van der Waals surface area contributed by atoms with Gasteiger partial charge in [0.05, 0.1) is 18.8 Å². The molecular weight excluding hydrogens is 312 g/mol. The van der Waals surface area contributed by atoms with Crippen LogP contribution in [0.15, 0.2) is 30.3 Å². The average Bonchev–Trinajstić information content (AvgIpc) is 2.65. The molecule has 25 heavy (non-hydrogen) atoms. The molecule has 0 spiro atoms. The molecule has 1 aromatic rings. The highest BCUT2D eigenvalue weighted by atomic mass is 16.7. The Hall–Kier alpha value is -0.900. The normalized spacial score (nSPS) is 23.7. The molecule has 3 heteroatoms. The molecule has 0 aromatic heterocycles. The Morgan fingerprint density at radius 3 is 2.48 bits per heavy atom. The van der Waals surface area contributed by atoms with Crippen LogP contribution in [0.25, 0.3) is 0 Å². The maximum Gasteiger partial charge on any atom is 0.158 e. The Bertz CT molecular complexity index is 434. The van der Waals surface area contributed by atoms with Crippen LogP contribution in [0.5, 0.6) is 0 Å². The highest BCUT2D eigenvalue weighted by molar-refractivity contribution is 5.13. The van der Waals surface area contributed by atoms with Crippen molar-refractivity contribution in [3.8, 4) is 0 Å². The van der Waals surface area contributed by atoms with Crippen LogP contribution in [0.2, 0.25) is 0 Å². The fourth-order valence-electron chi connectivity index (χ4n) is 3.37. The van der Waals surface area contributed by atoms with Gasteiger partial charge >= 0.3 is 0 Å². The Kier molecular flexibility index (Phi) is 10.2. The lowest BCUT2D eigenvalue weighted by molar-refractivity contribution is -0.247. The van der Waals surface area contributed by atoms with E-state index in [9.17, 15) is 0 Å². The quantitative estimate of drug-likeness (QED) is 0.443. The van der Waals surface area contributed by atoms with E-state index in [1.54, 1.807) is 0 Å². The third-order valence-corrected chi connectivity index (χ3v) is 4.89. The van der Waals surface area contributed by atoms with Gasteiger partial charge in [-0.1, -0.05) is 69.9 Å². The van der Waals surface area contributed by atoms with Crippen LogP contribution >= 0.6 is 0 Å². The predicted octanol–water partition coefficient (Wildman–Crippen LogP) is 5.86. The average molecular weight is 349 g/mol. The highest BCUT2D eigenvalue weighted by Gasteiger charge is 2.28. The lowest BCUT2D eigenvalue weighted by atomic mass is 10.0. The monoisotopic (exact) mass is 348 g/mol. The summed E-state index contributed by atoms with van der Waals surface area (Å²) in [6.45, 7) is 5.92. The number of rotatable bonds is 12. The minimum Gasteiger partial charge on any atom is -0.377 e. The van der Waals surface area contributed by atoms with E-state index in [0.29, 0.717) is 18.8 Å². The van der Waals surface area contributed by atoms with Crippen molar-refractivity contribution in [2.45, 2.75) is 96.7 Å². The molecule has 0 amide bonds. The lowest BCUT2D eigenvalue weighted by Crippen LogP contribution is -2.38. The van der Waals surface area contributed by atoms with Gasteiger partial charge in [0, 0.05) is 13.0 Å². The van der Waals surface area contributed by atoms with Crippen LogP contribution in [0, 0.1) is 0 Å². The Balaban J connectivity index is 1.62. The third kappa shape index (κ3) is 8.35. The summed E-state index contributed by atoms with van der Waals surface area (Å²) in [7, 11) is 0. The van der Waals surface area contributed by atoms with E-state index in [0.717, 1.165) is 32.3 Å². The molecule has 0 radical (unpaired) electrons. The number of benzene rings is 1. The van der Waals surface area contributed by atoms with Gasteiger partial charge in [0.25, 0.3) is 0 Å². The third-order valence-electron chi connectivity index (χ3n) is 4.89. The van der Waals surface area contributed by atoms with E-state index in [2.05, 4.69) is 26.0 Å². The van der Waals surface area contributed by atoms with Crippen molar-refractivity contribution in [1.29, 1.82) is 0 Å². The number of hydrogen-bond donors (Lipinski definition) is 0. The van der Waals surface area contributed by atoms with Gasteiger partial charge in [-0.2, -0.15) is 0 Å². The fraction of sp³-hybridized carbons (Fsp3) is 0.727. The Labute approximate surface area is 154 Å². The molecule has 0 saturated carbocycles. The van der Waals surface area contributed by atoms with Crippen LogP contribution in [0.1, 0.15) is 77.2 Å². The van der Waals surface area contributed by atoms with Crippen LogP contribution in [0.4, 0.5) is 0 Å². The van der Waals surface area contributed by atoms with Crippen LogP contribution in [-0.2, 0) is 20.8 Å². The van der Waals surface area contributed by atoms with Crippen molar-refractivity contribution in [3.05, 3.63) is 35.9 Å². The summed E-state index contributed by atoms with van der Waals surface area (Å²) in [4.78, 5) is 0. The molecule has 1 aliphatic heterocycles. The first-order valence-corrected chi connectivity index (χ1v) is 10.2. The molecular formula is C22H36O3. The minimum atomic E-state index is -0.0461. The summed E-state index contributed by atoms with van der Waals surface area (Å²) in [5, 5.41) is 0. The smallest absolute Gasteiger partial charge is 0.158 e. The van der Waals surface area contributed by atoms with Crippen molar-refractivity contribution in [3.63, 3.8) is 0 Å². The molecule has 0 aliphatic carbocycles. The lowest BCUT2D eigenvalue weighted by Gasteiger charge is -2.35. The molecule has 1 aliphatic rings. The Morgan fingerprint density at radius 1 is 0.920 bits per heavy atom. The van der Waals surface area contributed by atoms with Crippen LogP contribution in [-0.4, -0.2) is 25.1 Å². The first-order valence-electron chi connectivity index (χ1n) is 10.2. The number of unbranched alkanes of at least 4 members (excludes halogenated alkanes) is 3. The van der Waals surface area contributed by atoms with E-state index in [4.69, 9.17) is 14.2 Å². The standard InChI is InChI=1S/C22H36O3/c1-3-5-6-10-14-21-17-20(4-2)24-22(25-21)15-11-16-23-18-19-12-8-7-9-13-19/h7-9,12-13,20-22H,3-6,10-11,14-18H2,1-2H3/t20-,21-,22+/m1/s1. The van der Waals surface area contributed by atoms with E-state index in [1.165, 1.54) is 37.7 Å². The van der Waals surface area contributed by atoms with Crippen molar-refractivity contribution in [2.24, 2.45) is 0 Å². The van der Waals surface area contributed by atoms with Gasteiger partial charge in [-0.05, 0) is 31.2 Å². The SMILES string of the molecule is CCCCCC[C@@H]1C[C@@H](CC)O[C@H](CCCOCc2ccccc2)O1. The van der Waals surface area contributed by atoms with E-state index in [1.807, 2.05) is 18.2 Å². The van der Waals surface area contributed by atoms with Gasteiger partial charge in [-0.25, -0.2) is 0 Å². The number of hydrogen-bond acceptors (Lipinski definition) is 3. The van der Waals surface area contributed by atoms with Gasteiger partial charge in [-0.3, -0.25) is 0 Å². The largest absolute Gasteiger partial charge is 0.377 e. The van der Waals surface area contributed by atoms with Crippen molar-refractivity contribution in [2.75, 3.05) is 6.61 Å². The first kappa shape index (κ1) is 20.4. The van der Waals surface area contributed by atoms with E-state index in [-0.39, 0.29) is 6.29 Å². The van der Waals surface area contributed by atoms with Gasteiger partial charge in [-0.15, -0.1) is 0 Å². The second kappa shape index (κ2) is 12.5. The summed E-state index contributed by atoms with van der Waals surface area (Å²) in [6.07, 6.45) is 11.2. The Morgan fingerprint density at radius 2 is 1.72 bits per heavy atom. The summed E-state index contributed by atoms with van der Waals surface area (Å²) in [6, 6.07) is 10.3.